The van der Waals surface area contributed by atoms with Crippen LogP contribution in [0, 0.1) is 0 Å². The fourth-order valence-electron chi connectivity index (χ4n) is 1.50. The van der Waals surface area contributed by atoms with Crippen molar-refractivity contribution in [2.24, 2.45) is 0 Å². The number of hydrogen-bond donors (Lipinski definition) is 1. The van der Waals surface area contributed by atoms with Crippen LogP contribution in [0.3, 0.4) is 0 Å². The van der Waals surface area contributed by atoms with E-state index in [1.165, 1.54) is 0 Å². The average Bonchev–Trinajstić information content (AvgIpc) is 2.33. The lowest BCUT2D eigenvalue weighted by Crippen LogP contribution is -2.28. The van der Waals surface area contributed by atoms with Crippen LogP contribution in [0.1, 0.15) is 26.7 Å². The van der Waals surface area contributed by atoms with E-state index in [2.05, 4.69) is 19.2 Å². The lowest BCUT2D eigenvalue weighted by molar-refractivity contribution is 0.533. The standard InChI is InChI=1S/C13H20ClNOS/c1-3-8-15-11(2)7-9-17(16)13-6-4-5-12(14)10-13/h4-6,10-11,15H,3,7-9H2,1-2H3. The van der Waals surface area contributed by atoms with E-state index in [0.29, 0.717) is 16.8 Å². The summed E-state index contributed by atoms with van der Waals surface area (Å²) < 4.78 is 12.0. The Kier molecular flexibility index (Phi) is 6.78. The Hall–Kier alpha value is -0.380. The quantitative estimate of drug-likeness (QED) is 0.826. The van der Waals surface area contributed by atoms with E-state index in [9.17, 15) is 4.21 Å². The maximum Gasteiger partial charge on any atom is 0.0530 e. The Labute approximate surface area is 111 Å². The Morgan fingerprint density at radius 1 is 1.47 bits per heavy atom. The van der Waals surface area contributed by atoms with E-state index in [4.69, 9.17) is 11.6 Å². The summed E-state index contributed by atoms with van der Waals surface area (Å²) in [5, 5.41) is 4.04. The first kappa shape index (κ1) is 14.7. The largest absolute Gasteiger partial charge is 0.314 e. The highest BCUT2D eigenvalue weighted by atomic mass is 35.5. The summed E-state index contributed by atoms with van der Waals surface area (Å²) in [6.07, 6.45) is 2.04. The van der Waals surface area contributed by atoms with Gasteiger partial charge in [-0.3, -0.25) is 4.21 Å². The zero-order valence-corrected chi connectivity index (χ0v) is 12.0. The summed E-state index contributed by atoms with van der Waals surface area (Å²) in [7, 11) is -0.944. The minimum Gasteiger partial charge on any atom is -0.314 e. The van der Waals surface area contributed by atoms with Gasteiger partial charge in [0.25, 0.3) is 0 Å². The van der Waals surface area contributed by atoms with Crippen molar-refractivity contribution >= 4 is 22.4 Å². The first-order valence-electron chi connectivity index (χ1n) is 6.00. The van der Waals surface area contributed by atoms with E-state index in [-0.39, 0.29) is 0 Å². The zero-order chi connectivity index (χ0) is 12.7. The third-order valence-corrected chi connectivity index (χ3v) is 4.16. The highest BCUT2D eigenvalue weighted by molar-refractivity contribution is 7.85. The highest BCUT2D eigenvalue weighted by Crippen LogP contribution is 2.14. The van der Waals surface area contributed by atoms with E-state index in [0.717, 1.165) is 24.3 Å². The van der Waals surface area contributed by atoms with Crippen molar-refractivity contribution in [2.75, 3.05) is 12.3 Å². The van der Waals surface area contributed by atoms with Gasteiger partial charge in [0.15, 0.2) is 0 Å². The van der Waals surface area contributed by atoms with Crippen molar-refractivity contribution in [3.05, 3.63) is 29.3 Å². The van der Waals surface area contributed by atoms with Crippen molar-refractivity contribution < 1.29 is 4.21 Å². The topological polar surface area (TPSA) is 29.1 Å². The Morgan fingerprint density at radius 3 is 2.88 bits per heavy atom. The average molecular weight is 274 g/mol. The molecular formula is C13H20ClNOS. The molecule has 1 aromatic rings. The molecule has 0 saturated carbocycles. The van der Waals surface area contributed by atoms with Crippen LogP contribution in [0.15, 0.2) is 29.2 Å². The van der Waals surface area contributed by atoms with Gasteiger partial charge < -0.3 is 5.32 Å². The van der Waals surface area contributed by atoms with Crippen LogP contribution in [0.25, 0.3) is 0 Å². The molecule has 2 unspecified atom stereocenters. The van der Waals surface area contributed by atoms with Gasteiger partial charge in [0.1, 0.15) is 0 Å². The molecule has 0 heterocycles. The molecule has 2 nitrogen and oxygen atoms in total. The van der Waals surface area contributed by atoms with Crippen molar-refractivity contribution in [2.45, 2.75) is 37.6 Å². The molecule has 17 heavy (non-hydrogen) atoms. The van der Waals surface area contributed by atoms with Crippen molar-refractivity contribution in [3.63, 3.8) is 0 Å². The molecule has 0 fully saturated rings. The fourth-order valence-corrected chi connectivity index (χ4v) is 3.05. The zero-order valence-electron chi connectivity index (χ0n) is 10.4. The number of rotatable bonds is 7. The monoisotopic (exact) mass is 273 g/mol. The summed E-state index contributed by atoms with van der Waals surface area (Å²) >= 11 is 5.87. The molecule has 0 aliphatic carbocycles. The van der Waals surface area contributed by atoms with Gasteiger partial charge in [-0.05, 0) is 44.5 Å². The molecule has 0 amide bonds. The molecule has 0 aromatic heterocycles. The van der Waals surface area contributed by atoms with Crippen molar-refractivity contribution in [1.29, 1.82) is 0 Å². The Morgan fingerprint density at radius 2 is 2.24 bits per heavy atom. The summed E-state index contributed by atoms with van der Waals surface area (Å²) in [5.41, 5.74) is 0. The molecule has 1 N–H and O–H groups in total. The lowest BCUT2D eigenvalue weighted by atomic mass is 10.2. The predicted octanol–water partition coefficient (Wildman–Crippen LogP) is 3.23. The summed E-state index contributed by atoms with van der Waals surface area (Å²) in [6, 6.07) is 7.70. The molecule has 0 radical (unpaired) electrons. The lowest BCUT2D eigenvalue weighted by Gasteiger charge is -2.12. The molecule has 0 bridgehead atoms. The van der Waals surface area contributed by atoms with Crippen molar-refractivity contribution in [1.82, 2.24) is 5.32 Å². The third kappa shape index (κ3) is 5.66. The van der Waals surface area contributed by atoms with Gasteiger partial charge in [0.05, 0.1) is 10.8 Å². The van der Waals surface area contributed by atoms with Gasteiger partial charge in [0, 0.05) is 21.7 Å². The van der Waals surface area contributed by atoms with Crippen LogP contribution in [0.2, 0.25) is 5.02 Å². The van der Waals surface area contributed by atoms with Gasteiger partial charge in [-0.25, -0.2) is 0 Å². The van der Waals surface area contributed by atoms with Gasteiger partial charge in [0.2, 0.25) is 0 Å². The first-order chi connectivity index (χ1) is 8.13. The number of benzene rings is 1. The molecule has 1 aromatic carbocycles. The SMILES string of the molecule is CCCNC(C)CCS(=O)c1cccc(Cl)c1. The molecule has 0 aliphatic rings. The smallest absolute Gasteiger partial charge is 0.0530 e. The van der Waals surface area contributed by atoms with E-state index >= 15 is 0 Å². The van der Waals surface area contributed by atoms with Crippen LogP contribution in [0.4, 0.5) is 0 Å². The second-order valence-corrected chi connectivity index (χ2v) is 6.16. The molecule has 0 aliphatic heterocycles. The molecule has 1 rings (SSSR count). The predicted molar refractivity (Wildman–Crippen MR) is 75.1 cm³/mol. The van der Waals surface area contributed by atoms with Crippen molar-refractivity contribution in [3.8, 4) is 0 Å². The minimum atomic E-state index is -0.944. The molecule has 96 valence electrons. The molecule has 0 saturated heterocycles. The Balaban J connectivity index is 2.39. The molecule has 4 heteroatoms. The maximum absolute atomic E-state index is 12.0. The van der Waals surface area contributed by atoms with E-state index in [1.54, 1.807) is 12.1 Å². The van der Waals surface area contributed by atoms with E-state index in [1.807, 2.05) is 12.1 Å². The number of nitrogens with one attached hydrogen (secondary N) is 1. The van der Waals surface area contributed by atoms with Crippen LogP contribution in [-0.4, -0.2) is 22.5 Å². The highest BCUT2D eigenvalue weighted by Gasteiger charge is 2.07. The third-order valence-electron chi connectivity index (χ3n) is 2.54. The van der Waals surface area contributed by atoms with Gasteiger partial charge >= 0.3 is 0 Å². The van der Waals surface area contributed by atoms with Crippen LogP contribution in [0.5, 0.6) is 0 Å². The number of halogens is 1. The first-order valence-corrected chi connectivity index (χ1v) is 7.70. The maximum atomic E-state index is 12.0. The fraction of sp³-hybridized carbons (Fsp3) is 0.538. The van der Waals surface area contributed by atoms with Gasteiger partial charge in [-0.15, -0.1) is 0 Å². The Bertz CT molecular complexity index is 370. The second kappa shape index (κ2) is 7.85. The molecule has 2 atom stereocenters. The summed E-state index contributed by atoms with van der Waals surface area (Å²) in [4.78, 5) is 0.820. The second-order valence-electron chi connectivity index (χ2n) is 4.15. The minimum absolute atomic E-state index is 0.415. The summed E-state index contributed by atoms with van der Waals surface area (Å²) in [5.74, 6) is 0.679. The number of hydrogen-bond acceptors (Lipinski definition) is 2. The van der Waals surface area contributed by atoms with Crippen LogP contribution in [-0.2, 0) is 10.8 Å². The van der Waals surface area contributed by atoms with Gasteiger partial charge in [-0.2, -0.15) is 0 Å². The van der Waals surface area contributed by atoms with Crippen LogP contribution < -0.4 is 5.32 Å². The van der Waals surface area contributed by atoms with Crippen LogP contribution >= 0.6 is 11.6 Å². The van der Waals surface area contributed by atoms with E-state index < -0.39 is 10.8 Å². The normalized spacial score (nSPS) is 14.5. The van der Waals surface area contributed by atoms with Gasteiger partial charge in [-0.1, -0.05) is 24.6 Å². The molecule has 0 spiro atoms. The molecular weight excluding hydrogens is 254 g/mol. The summed E-state index contributed by atoms with van der Waals surface area (Å²) in [6.45, 7) is 5.29.